The normalized spacial score (nSPS) is 14.0. The number of nitrogens with one attached hydrogen (secondary N) is 5. The number of guanidine groups is 1. The standard InChI is InChI=1S/C33H42N6O6/c1-4-14-33(2,3)15-6-18-45-27-12-10-24(11-13-27)37-31(44)28(20-29(41)42)36-21-26(22-40)38-30(43)23-8-5-9-25(19-23)39-32-34-16-7-17-35-32/h5,8-14,19,22,26,28,36H,1,6-7,15-18,20-21H2,2-3H3,(H,37,44)(H,38,43)(H,41,42)(H2,34,35,39)/t26?,28-/m0/s1. The van der Waals surface area contributed by atoms with Crippen LogP contribution in [-0.4, -0.2) is 73.5 Å². The lowest BCUT2D eigenvalue weighted by Crippen LogP contribution is -2.49. The number of carboxylic acids is 1. The van der Waals surface area contributed by atoms with Gasteiger partial charge in [-0.25, -0.2) is 0 Å². The van der Waals surface area contributed by atoms with Crippen molar-refractivity contribution in [2.45, 2.75) is 51.6 Å². The number of carbonyl (C=O) groups is 4. The summed E-state index contributed by atoms with van der Waals surface area (Å²) in [6.07, 6.45) is 4.63. The molecule has 0 bridgehead atoms. The number of rotatable bonds is 17. The van der Waals surface area contributed by atoms with Gasteiger partial charge in [-0.05, 0) is 73.2 Å². The Labute approximate surface area is 263 Å². The number of hydrogen-bond acceptors (Lipinski definition) is 9. The van der Waals surface area contributed by atoms with Crippen molar-refractivity contribution in [2.24, 2.45) is 10.4 Å². The maximum Gasteiger partial charge on any atom is 0.305 e. The molecule has 3 rings (SSSR count). The highest BCUT2D eigenvalue weighted by Crippen LogP contribution is 2.24. The zero-order valence-corrected chi connectivity index (χ0v) is 25.7. The number of nitrogens with zero attached hydrogens (tertiary/aromatic N) is 1. The van der Waals surface area contributed by atoms with Crippen molar-refractivity contribution in [3.8, 4) is 5.75 Å². The van der Waals surface area contributed by atoms with E-state index in [1.807, 2.05) is 6.08 Å². The van der Waals surface area contributed by atoms with Crippen molar-refractivity contribution in [3.63, 3.8) is 0 Å². The van der Waals surface area contributed by atoms with Crippen LogP contribution in [0.15, 0.2) is 71.9 Å². The van der Waals surface area contributed by atoms with E-state index in [9.17, 15) is 24.3 Å². The van der Waals surface area contributed by atoms with Crippen LogP contribution in [0.1, 0.15) is 49.9 Å². The third-order valence-electron chi connectivity index (χ3n) is 6.89. The van der Waals surface area contributed by atoms with Gasteiger partial charge in [0, 0.05) is 36.6 Å². The molecule has 0 spiro atoms. The van der Waals surface area contributed by atoms with Crippen LogP contribution in [0.5, 0.6) is 5.75 Å². The number of aldehydes is 1. The van der Waals surface area contributed by atoms with Crippen LogP contribution in [0.25, 0.3) is 0 Å². The Balaban J connectivity index is 1.51. The molecule has 0 radical (unpaired) electrons. The third kappa shape index (κ3) is 12.3. The lowest BCUT2D eigenvalue weighted by molar-refractivity contribution is -0.139. The minimum absolute atomic E-state index is 0.0108. The molecule has 1 aliphatic rings. The van der Waals surface area contributed by atoms with E-state index in [0.29, 0.717) is 48.1 Å². The molecule has 0 saturated carbocycles. The molecule has 12 heteroatoms. The van der Waals surface area contributed by atoms with Gasteiger partial charge in [-0.3, -0.25) is 19.4 Å². The number of benzene rings is 2. The second kappa shape index (κ2) is 17.4. The molecule has 0 aliphatic carbocycles. The van der Waals surface area contributed by atoms with E-state index >= 15 is 0 Å². The van der Waals surface area contributed by atoms with Crippen LogP contribution < -0.4 is 31.3 Å². The van der Waals surface area contributed by atoms with Gasteiger partial charge in [-0.2, -0.15) is 0 Å². The Hall–Kier alpha value is -4.93. The van der Waals surface area contributed by atoms with E-state index in [4.69, 9.17) is 4.74 Å². The molecule has 0 fully saturated rings. The fourth-order valence-corrected chi connectivity index (χ4v) is 4.51. The van der Waals surface area contributed by atoms with Gasteiger partial charge in [0.2, 0.25) is 5.91 Å². The summed E-state index contributed by atoms with van der Waals surface area (Å²) in [5.74, 6) is -1.05. The van der Waals surface area contributed by atoms with E-state index in [0.717, 1.165) is 25.8 Å². The first kappa shape index (κ1) is 34.6. The highest BCUT2D eigenvalue weighted by molar-refractivity contribution is 5.99. The van der Waals surface area contributed by atoms with Crippen LogP contribution >= 0.6 is 0 Å². The third-order valence-corrected chi connectivity index (χ3v) is 6.89. The summed E-state index contributed by atoms with van der Waals surface area (Å²) < 4.78 is 5.79. The van der Waals surface area contributed by atoms with Crippen LogP contribution in [0, 0.1) is 5.41 Å². The SMILES string of the molecule is C=C=CC(C)(C)CCCOc1ccc(NC(=O)[C@H](CC(=O)O)NCC(C=O)NC(=O)c2cccc(NC3=NCCCN3)c2)cc1. The minimum atomic E-state index is -1.20. The smallest absolute Gasteiger partial charge is 0.305 e. The van der Waals surface area contributed by atoms with Gasteiger partial charge in [-0.15, -0.1) is 5.73 Å². The number of hydrogen-bond donors (Lipinski definition) is 6. The number of amides is 2. The van der Waals surface area contributed by atoms with Crippen LogP contribution in [0.3, 0.4) is 0 Å². The molecule has 2 aromatic rings. The Morgan fingerprint density at radius 3 is 2.62 bits per heavy atom. The van der Waals surface area contributed by atoms with Crippen LogP contribution in [0.4, 0.5) is 11.4 Å². The first-order chi connectivity index (χ1) is 21.6. The van der Waals surface area contributed by atoms with Crippen molar-refractivity contribution in [1.82, 2.24) is 16.0 Å². The molecule has 2 atom stereocenters. The summed E-state index contributed by atoms with van der Waals surface area (Å²) in [6.45, 7) is 9.71. The summed E-state index contributed by atoms with van der Waals surface area (Å²) in [4.78, 5) is 53.4. The van der Waals surface area contributed by atoms with E-state index in [1.165, 1.54) is 0 Å². The fourth-order valence-electron chi connectivity index (χ4n) is 4.51. The first-order valence-electron chi connectivity index (χ1n) is 14.9. The Bertz CT molecular complexity index is 1400. The van der Waals surface area contributed by atoms with E-state index in [2.05, 4.69) is 57.7 Å². The molecule has 1 unspecified atom stereocenters. The topological polar surface area (TPSA) is 170 Å². The zero-order valence-electron chi connectivity index (χ0n) is 25.7. The Morgan fingerprint density at radius 2 is 1.96 bits per heavy atom. The van der Waals surface area contributed by atoms with Crippen molar-refractivity contribution < 1.29 is 29.0 Å². The Morgan fingerprint density at radius 1 is 1.18 bits per heavy atom. The number of ether oxygens (including phenoxy) is 1. The monoisotopic (exact) mass is 618 g/mol. The van der Waals surface area contributed by atoms with Gasteiger partial charge in [0.1, 0.15) is 12.0 Å². The lowest BCUT2D eigenvalue weighted by atomic mass is 9.88. The molecule has 1 heterocycles. The molecule has 0 saturated heterocycles. The lowest BCUT2D eigenvalue weighted by Gasteiger charge is -2.20. The first-order valence-corrected chi connectivity index (χ1v) is 14.9. The Kier molecular flexibility index (Phi) is 13.4. The summed E-state index contributed by atoms with van der Waals surface area (Å²) in [7, 11) is 0. The zero-order chi connectivity index (χ0) is 32.7. The number of aliphatic imine (C=N–C) groups is 1. The van der Waals surface area contributed by atoms with Gasteiger partial charge in [0.25, 0.3) is 5.91 Å². The molecule has 240 valence electrons. The molecule has 2 amide bonds. The van der Waals surface area contributed by atoms with Gasteiger partial charge < -0.3 is 41.2 Å². The van der Waals surface area contributed by atoms with E-state index in [-0.39, 0.29) is 12.0 Å². The molecule has 12 nitrogen and oxygen atoms in total. The predicted octanol–water partition coefficient (Wildman–Crippen LogP) is 3.34. The van der Waals surface area contributed by atoms with Gasteiger partial charge >= 0.3 is 5.97 Å². The average molecular weight is 619 g/mol. The van der Waals surface area contributed by atoms with E-state index in [1.54, 1.807) is 48.5 Å². The maximum absolute atomic E-state index is 13.0. The summed E-state index contributed by atoms with van der Waals surface area (Å²) in [5.41, 5.74) is 4.22. The van der Waals surface area contributed by atoms with Crippen molar-refractivity contribution >= 4 is 41.4 Å². The summed E-state index contributed by atoms with van der Waals surface area (Å²) in [5, 5.41) is 23.7. The number of carbonyl (C=O) groups excluding carboxylic acids is 3. The molecule has 0 aromatic heterocycles. The number of carboxylic acid groups (broad SMARTS) is 1. The van der Waals surface area contributed by atoms with E-state index < -0.39 is 36.3 Å². The number of allylic oxidation sites excluding steroid dienone is 1. The molecule has 1 aliphatic heterocycles. The van der Waals surface area contributed by atoms with Crippen molar-refractivity contribution in [1.29, 1.82) is 0 Å². The van der Waals surface area contributed by atoms with Gasteiger partial charge in [0.05, 0.1) is 25.1 Å². The predicted molar refractivity (Wildman–Crippen MR) is 174 cm³/mol. The summed E-state index contributed by atoms with van der Waals surface area (Å²) >= 11 is 0. The van der Waals surface area contributed by atoms with Crippen LogP contribution in [0.2, 0.25) is 0 Å². The van der Waals surface area contributed by atoms with Gasteiger partial charge in [0.15, 0.2) is 5.96 Å². The largest absolute Gasteiger partial charge is 0.494 e. The average Bonchev–Trinajstić information content (AvgIpc) is 3.01. The molecule has 6 N–H and O–H groups in total. The van der Waals surface area contributed by atoms with Crippen LogP contribution in [-0.2, 0) is 14.4 Å². The van der Waals surface area contributed by atoms with Gasteiger partial charge in [-0.1, -0.05) is 26.5 Å². The van der Waals surface area contributed by atoms with Crippen molar-refractivity contribution in [3.05, 3.63) is 72.5 Å². The quantitative estimate of drug-likeness (QED) is 0.0884. The second-order valence-electron chi connectivity index (χ2n) is 11.3. The maximum atomic E-state index is 13.0. The molecule has 45 heavy (non-hydrogen) atoms. The molecular weight excluding hydrogens is 576 g/mol. The molecular formula is C33H42N6O6. The van der Waals surface area contributed by atoms with Crippen molar-refractivity contribution in [2.75, 3.05) is 36.9 Å². The summed E-state index contributed by atoms with van der Waals surface area (Å²) in [6, 6.07) is 11.3. The highest BCUT2D eigenvalue weighted by atomic mass is 16.5. The highest BCUT2D eigenvalue weighted by Gasteiger charge is 2.24. The second-order valence-corrected chi connectivity index (χ2v) is 11.3. The minimum Gasteiger partial charge on any atom is -0.494 e. The molecule has 2 aromatic carbocycles. The fraction of sp³-hybridized carbons (Fsp3) is 0.394. The number of anilines is 2. The number of aliphatic carboxylic acids is 1.